The van der Waals surface area contributed by atoms with Crippen molar-refractivity contribution in [3.8, 4) is 11.8 Å². The molecule has 1 aromatic carbocycles. The number of carbonyl (C=O) groups is 1. The molecule has 0 atom stereocenters. The van der Waals surface area contributed by atoms with Crippen LogP contribution in [0.3, 0.4) is 0 Å². The second-order valence-corrected chi connectivity index (χ2v) is 5.18. The fourth-order valence-electron chi connectivity index (χ4n) is 1.78. The molecule has 5 heteroatoms. The number of thiophene rings is 1. The van der Waals surface area contributed by atoms with Crippen molar-refractivity contribution in [2.24, 2.45) is 5.73 Å². The fourth-order valence-corrected chi connectivity index (χ4v) is 2.44. The summed E-state index contributed by atoms with van der Waals surface area (Å²) in [6, 6.07) is 6.46. The van der Waals surface area contributed by atoms with E-state index in [0.717, 1.165) is 5.56 Å². The molecule has 0 aliphatic carbocycles. The number of nitrogens with one attached hydrogen (secondary N) is 1. The molecule has 0 fully saturated rings. The first-order valence-electron chi connectivity index (χ1n) is 6.44. The third kappa shape index (κ3) is 4.71. The third-order valence-corrected chi connectivity index (χ3v) is 3.53. The average molecular weight is 302 g/mol. The van der Waals surface area contributed by atoms with Gasteiger partial charge in [0.2, 0.25) is 5.91 Å². The van der Waals surface area contributed by atoms with Gasteiger partial charge in [0.25, 0.3) is 0 Å². The minimum atomic E-state index is -0.357. The summed E-state index contributed by atoms with van der Waals surface area (Å²) in [6.45, 7) is 0.400. The summed E-state index contributed by atoms with van der Waals surface area (Å²) in [6.07, 6.45) is 0.303. The predicted octanol–water partition coefficient (Wildman–Crippen LogP) is 2.06. The Morgan fingerprint density at radius 1 is 1.38 bits per heavy atom. The number of hydrogen-bond donors (Lipinski definition) is 2. The van der Waals surface area contributed by atoms with Crippen LogP contribution in [0, 0.1) is 17.7 Å². The maximum atomic E-state index is 13.7. The van der Waals surface area contributed by atoms with Crippen LogP contribution in [-0.4, -0.2) is 12.5 Å². The van der Waals surface area contributed by atoms with Gasteiger partial charge in [-0.1, -0.05) is 11.8 Å². The standard InChI is InChI=1S/C16H15FN2OS/c17-15-4-3-12(2-1-6-18)8-14(15)10-19-16(20)9-13-5-7-21-11-13/h3-5,7-8,11H,6,9-10,18H2,(H,19,20). The lowest BCUT2D eigenvalue weighted by Crippen LogP contribution is -2.24. The first kappa shape index (κ1) is 15.2. The van der Waals surface area contributed by atoms with Crippen LogP contribution in [0.4, 0.5) is 4.39 Å². The molecule has 0 aliphatic rings. The topological polar surface area (TPSA) is 55.1 Å². The van der Waals surface area contributed by atoms with Crippen LogP contribution in [0.1, 0.15) is 16.7 Å². The van der Waals surface area contributed by atoms with Crippen LogP contribution in [0.15, 0.2) is 35.0 Å². The van der Waals surface area contributed by atoms with Gasteiger partial charge in [-0.3, -0.25) is 4.79 Å². The highest BCUT2D eigenvalue weighted by Crippen LogP contribution is 2.10. The molecule has 0 saturated heterocycles. The number of halogens is 1. The Hall–Kier alpha value is -2.16. The van der Waals surface area contributed by atoms with E-state index in [1.165, 1.54) is 6.07 Å². The molecule has 0 aliphatic heterocycles. The zero-order chi connectivity index (χ0) is 15.1. The lowest BCUT2D eigenvalue weighted by molar-refractivity contribution is -0.120. The predicted molar refractivity (Wildman–Crippen MR) is 82.2 cm³/mol. The van der Waals surface area contributed by atoms with Gasteiger partial charge in [-0.15, -0.1) is 0 Å². The summed E-state index contributed by atoms with van der Waals surface area (Å²) in [5, 5.41) is 6.55. The first-order valence-corrected chi connectivity index (χ1v) is 7.38. The van der Waals surface area contributed by atoms with E-state index in [1.807, 2.05) is 16.8 Å². The Bertz CT molecular complexity index is 671. The van der Waals surface area contributed by atoms with Gasteiger partial charge in [0, 0.05) is 17.7 Å². The van der Waals surface area contributed by atoms with Gasteiger partial charge in [-0.25, -0.2) is 4.39 Å². The molecule has 1 amide bonds. The summed E-state index contributed by atoms with van der Waals surface area (Å²) >= 11 is 1.54. The highest BCUT2D eigenvalue weighted by Gasteiger charge is 2.07. The maximum absolute atomic E-state index is 13.7. The zero-order valence-corrected chi connectivity index (χ0v) is 12.2. The van der Waals surface area contributed by atoms with Crippen LogP contribution in [0.25, 0.3) is 0 Å². The van der Waals surface area contributed by atoms with Gasteiger partial charge in [-0.05, 0) is 40.6 Å². The smallest absolute Gasteiger partial charge is 0.224 e. The van der Waals surface area contributed by atoms with Crippen molar-refractivity contribution >= 4 is 17.2 Å². The van der Waals surface area contributed by atoms with E-state index in [4.69, 9.17) is 5.73 Å². The van der Waals surface area contributed by atoms with Crippen molar-refractivity contribution < 1.29 is 9.18 Å². The monoisotopic (exact) mass is 302 g/mol. The minimum Gasteiger partial charge on any atom is -0.352 e. The largest absolute Gasteiger partial charge is 0.352 e. The average Bonchev–Trinajstić information content (AvgIpc) is 2.98. The Morgan fingerprint density at radius 2 is 2.24 bits per heavy atom. The third-order valence-electron chi connectivity index (χ3n) is 2.80. The fraction of sp³-hybridized carbons (Fsp3) is 0.188. The Morgan fingerprint density at radius 3 is 2.95 bits per heavy atom. The van der Waals surface area contributed by atoms with Gasteiger partial charge in [-0.2, -0.15) is 11.3 Å². The molecular weight excluding hydrogens is 287 g/mol. The Labute approximate surface area is 127 Å². The molecule has 21 heavy (non-hydrogen) atoms. The molecule has 108 valence electrons. The molecule has 0 unspecified atom stereocenters. The summed E-state index contributed by atoms with van der Waals surface area (Å²) < 4.78 is 13.7. The summed E-state index contributed by atoms with van der Waals surface area (Å²) in [7, 11) is 0. The lowest BCUT2D eigenvalue weighted by atomic mass is 10.1. The minimum absolute atomic E-state index is 0.133. The number of benzene rings is 1. The number of hydrogen-bond acceptors (Lipinski definition) is 3. The molecule has 3 N–H and O–H groups in total. The first-order chi connectivity index (χ1) is 10.2. The van der Waals surface area contributed by atoms with E-state index >= 15 is 0 Å². The molecule has 1 heterocycles. The van der Waals surface area contributed by atoms with E-state index in [-0.39, 0.29) is 24.8 Å². The second-order valence-electron chi connectivity index (χ2n) is 4.40. The normalized spacial score (nSPS) is 9.81. The molecule has 1 aromatic heterocycles. The van der Waals surface area contributed by atoms with Crippen molar-refractivity contribution in [3.63, 3.8) is 0 Å². The quantitative estimate of drug-likeness (QED) is 0.849. The number of carbonyl (C=O) groups excluding carboxylic acids is 1. The van der Waals surface area contributed by atoms with Gasteiger partial charge in [0.15, 0.2) is 0 Å². The van der Waals surface area contributed by atoms with Crippen LogP contribution in [-0.2, 0) is 17.8 Å². The second kappa shape index (κ2) is 7.58. The maximum Gasteiger partial charge on any atom is 0.224 e. The van der Waals surface area contributed by atoms with Crippen LogP contribution in [0.2, 0.25) is 0 Å². The SMILES string of the molecule is NCC#Cc1ccc(F)c(CNC(=O)Cc2ccsc2)c1. The molecule has 3 nitrogen and oxygen atoms in total. The van der Waals surface area contributed by atoms with Crippen molar-refractivity contribution in [1.29, 1.82) is 0 Å². The highest BCUT2D eigenvalue weighted by atomic mass is 32.1. The molecule has 0 radical (unpaired) electrons. The number of amides is 1. The molecule has 0 saturated carbocycles. The molecule has 2 rings (SSSR count). The summed E-state index contributed by atoms with van der Waals surface area (Å²) in [5.41, 5.74) is 7.36. The molecular formula is C16H15FN2OS. The van der Waals surface area contributed by atoms with Crippen molar-refractivity contribution in [2.45, 2.75) is 13.0 Å². The van der Waals surface area contributed by atoms with Crippen molar-refractivity contribution in [2.75, 3.05) is 6.54 Å². The zero-order valence-electron chi connectivity index (χ0n) is 11.4. The number of rotatable bonds is 4. The molecule has 2 aromatic rings. The Balaban J connectivity index is 1.97. The van der Waals surface area contributed by atoms with E-state index in [0.29, 0.717) is 17.5 Å². The summed E-state index contributed by atoms with van der Waals surface area (Å²) in [4.78, 5) is 11.8. The van der Waals surface area contributed by atoms with Gasteiger partial charge in [0.05, 0.1) is 13.0 Å². The van der Waals surface area contributed by atoms with E-state index in [2.05, 4.69) is 17.2 Å². The van der Waals surface area contributed by atoms with Crippen LogP contribution < -0.4 is 11.1 Å². The van der Waals surface area contributed by atoms with E-state index in [9.17, 15) is 9.18 Å². The highest BCUT2D eigenvalue weighted by molar-refractivity contribution is 7.07. The van der Waals surface area contributed by atoms with Gasteiger partial charge >= 0.3 is 0 Å². The number of nitrogens with two attached hydrogens (primary N) is 1. The summed E-state index contributed by atoms with van der Waals surface area (Å²) in [5.74, 6) is 5.07. The van der Waals surface area contributed by atoms with Crippen LogP contribution >= 0.6 is 11.3 Å². The van der Waals surface area contributed by atoms with Crippen molar-refractivity contribution in [3.05, 3.63) is 57.5 Å². The molecule has 0 bridgehead atoms. The lowest BCUT2D eigenvalue weighted by Gasteiger charge is -2.06. The van der Waals surface area contributed by atoms with E-state index < -0.39 is 0 Å². The van der Waals surface area contributed by atoms with Crippen molar-refractivity contribution in [1.82, 2.24) is 5.32 Å². The Kier molecular flexibility index (Phi) is 5.50. The van der Waals surface area contributed by atoms with Gasteiger partial charge < -0.3 is 11.1 Å². The van der Waals surface area contributed by atoms with Crippen LogP contribution in [0.5, 0.6) is 0 Å². The van der Waals surface area contributed by atoms with E-state index in [1.54, 1.807) is 23.5 Å². The molecule has 0 spiro atoms. The van der Waals surface area contributed by atoms with Gasteiger partial charge in [0.1, 0.15) is 5.82 Å².